The van der Waals surface area contributed by atoms with Gasteiger partial charge < -0.3 is 0 Å². The molecule has 0 N–H and O–H groups in total. The monoisotopic (exact) mass is 744 g/mol. The molecule has 0 heterocycles. The van der Waals surface area contributed by atoms with Crippen LogP contribution in [-0.4, -0.2) is 0 Å². The maximum atomic E-state index is 3.56. The molecule has 10 aromatic rings. The van der Waals surface area contributed by atoms with Gasteiger partial charge >= 0.3 is 0 Å². The second-order valence-corrected chi connectivity index (χ2v) is 13.8. The summed E-state index contributed by atoms with van der Waals surface area (Å²) < 4.78 is 0. The van der Waals surface area contributed by atoms with E-state index in [0.717, 1.165) is 64.6 Å². The van der Waals surface area contributed by atoms with Crippen molar-refractivity contribution in [3.8, 4) is 0 Å². The molecule has 0 aliphatic rings. The highest BCUT2D eigenvalue weighted by Crippen LogP contribution is 2.29. The third kappa shape index (κ3) is 6.97. The SMILES string of the molecule is c1c2ccccc2c#cc2c3c#cc4ccccc4c#cc4ccccc4c#cc3c3c#cc4ccccc4c#cc4ccccc4c#cc3c2c#cc2ccccc2c#1. The van der Waals surface area contributed by atoms with Gasteiger partial charge in [0.25, 0.3) is 0 Å². The zero-order chi connectivity index (χ0) is 40.1. The van der Waals surface area contributed by atoms with Crippen molar-refractivity contribution in [2.24, 2.45) is 0 Å². The van der Waals surface area contributed by atoms with Gasteiger partial charge in [-0.2, -0.15) is 0 Å². The molecule has 0 saturated heterocycles. The van der Waals surface area contributed by atoms with Crippen LogP contribution in [0.2, 0.25) is 0 Å². The van der Waals surface area contributed by atoms with E-state index in [0.29, 0.717) is 32.3 Å². The highest BCUT2D eigenvalue weighted by molar-refractivity contribution is 6.22. The summed E-state index contributed by atoms with van der Waals surface area (Å²) in [6.07, 6.45) is 0. The molecule has 0 fully saturated rings. The predicted octanol–water partition coefficient (Wildman–Crippen LogP) is 13.5. The quantitative estimate of drug-likeness (QED) is 0.145. The van der Waals surface area contributed by atoms with Crippen molar-refractivity contribution in [3.05, 3.63) is 255 Å². The molecule has 0 heteroatoms. The van der Waals surface area contributed by atoms with E-state index in [-0.39, 0.29) is 0 Å². The highest BCUT2D eigenvalue weighted by Gasteiger charge is 2.07. The van der Waals surface area contributed by atoms with Crippen LogP contribution in [0.5, 0.6) is 0 Å². The fraction of sp³-hybridized carbons (Fsp3) is 0. The highest BCUT2D eigenvalue weighted by atomic mass is 14.0. The Kier molecular flexibility index (Phi) is 9.11. The van der Waals surface area contributed by atoms with E-state index in [2.05, 4.69) is 109 Å². The third-order valence-electron chi connectivity index (χ3n) is 9.99. The third-order valence-corrected chi connectivity index (χ3v) is 9.99. The molecule has 10 aromatic carbocycles. The average molecular weight is 745 g/mol. The first-order valence-electron chi connectivity index (χ1n) is 19.2. The fourth-order valence-electron chi connectivity index (χ4n) is 6.89. The van der Waals surface area contributed by atoms with Gasteiger partial charge in [-0.15, -0.1) is 0 Å². The Labute approximate surface area is 350 Å². The van der Waals surface area contributed by atoms with Gasteiger partial charge in [-0.05, 0) is 72.8 Å². The van der Waals surface area contributed by atoms with E-state index in [1.807, 2.05) is 146 Å². The van der Waals surface area contributed by atoms with Crippen molar-refractivity contribution < 1.29 is 0 Å². The second kappa shape index (κ2) is 15.6. The number of benzene rings is 7. The van der Waals surface area contributed by atoms with Gasteiger partial charge in [-0.3, -0.25) is 0 Å². The summed E-state index contributed by atoms with van der Waals surface area (Å²) in [7, 11) is 0. The van der Waals surface area contributed by atoms with Gasteiger partial charge in [0.2, 0.25) is 0 Å². The van der Waals surface area contributed by atoms with Crippen LogP contribution >= 0.6 is 0 Å². The molecule has 0 spiro atoms. The lowest BCUT2D eigenvalue weighted by Crippen LogP contribution is -1.77. The maximum absolute atomic E-state index is 3.56. The Morgan fingerprint density at radius 2 is 0.233 bits per heavy atom. The smallest absolute Gasteiger partial charge is 0.0588 e. The number of hydrogen-bond acceptors (Lipinski definition) is 0. The van der Waals surface area contributed by atoms with Crippen molar-refractivity contribution in [1.29, 1.82) is 0 Å². The lowest BCUT2D eigenvalue weighted by atomic mass is 10.0. The molecule has 0 amide bonds. The molecule has 0 bridgehead atoms. The topological polar surface area (TPSA) is 0 Å². The molecule has 0 atom stereocenters. The molecule has 0 nitrogen and oxygen atoms in total. The van der Waals surface area contributed by atoms with Crippen LogP contribution in [0.25, 0.3) is 97.0 Å². The number of hydrogen-bond donors (Lipinski definition) is 0. The Morgan fingerprint density at radius 1 is 0.133 bits per heavy atom. The molecule has 0 saturated carbocycles. The van der Waals surface area contributed by atoms with Gasteiger partial charge in [0.15, 0.2) is 0 Å². The summed E-state index contributed by atoms with van der Waals surface area (Å²) in [6.45, 7) is 0. The molecule has 0 unspecified atom stereocenters. The number of fused-ring (bicyclic) bond motifs is 12. The van der Waals surface area contributed by atoms with Crippen molar-refractivity contribution in [1.82, 2.24) is 0 Å². The fourth-order valence-corrected chi connectivity index (χ4v) is 6.89. The molecule has 0 aliphatic heterocycles. The maximum Gasteiger partial charge on any atom is 0.0588 e. The molecule has 10 rings (SSSR count). The zero-order valence-electron chi connectivity index (χ0n) is 31.9. The van der Waals surface area contributed by atoms with E-state index in [9.17, 15) is 0 Å². The van der Waals surface area contributed by atoms with Gasteiger partial charge in [0.1, 0.15) is 0 Å². The summed E-state index contributed by atoms with van der Waals surface area (Å²) >= 11 is 0. The lowest BCUT2D eigenvalue weighted by Gasteiger charge is -1.98. The first kappa shape index (κ1) is 35.0. The first-order chi connectivity index (χ1) is 29.7. The molecule has 0 aliphatic carbocycles. The summed E-state index contributed by atoms with van der Waals surface area (Å²) in [4.78, 5) is 0. The minimum atomic E-state index is 0.601. The Bertz CT molecular complexity index is 2960. The lowest BCUT2D eigenvalue weighted by molar-refractivity contribution is 1.79. The van der Waals surface area contributed by atoms with Crippen LogP contribution in [0.4, 0.5) is 0 Å². The standard InChI is InChI=1S/C60H24/c1-7-19-49-31-37-55-56(38-32-50-20-8-2-14-44(50)26-25-43(49)13-1)58-40-34-52-22-10-4-17-47(52)29-30-48-18-6-12-24-54(48)36-42-60(58)59-41-35-53-23-11-5-16-46(53)28-27-45-15-3-9-21-51(45)33-39-57(55)59/h1-24H. The van der Waals surface area contributed by atoms with E-state index >= 15 is 0 Å². The van der Waals surface area contributed by atoms with Crippen molar-refractivity contribution >= 4 is 97.0 Å². The molecule has 264 valence electrons. The van der Waals surface area contributed by atoms with Gasteiger partial charge in [0.05, 0.1) is 32.3 Å². The van der Waals surface area contributed by atoms with Crippen LogP contribution in [0.3, 0.4) is 0 Å². The van der Waals surface area contributed by atoms with Crippen molar-refractivity contribution in [2.45, 2.75) is 0 Å². The molecule has 60 heavy (non-hydrogen) atoms. The van der Waals surface area contributed by atoms with Gasteiger partial charge in [0, 0.05) is 64.6 Å². The van der Waals surface area contributed by atoms with E-state index in [4.69, 9.17) is 0 Å². The van der Waals surface area contributed by atoms with Gasteiger partial charge in [-0.25, -0.2) is 0 Å². The first-order valence-corrected chi connectivity index (χ1v) is 19.2. The Hall–Kier alpha value is -9.42. The minimum Gasteiger partial charge on any atom is -0.0609 e. The summed E-state index contributed by atoms with van der Waals surface area (Å²) in [5, 5.41) is 13.1. The van der Waals surface area contributed by atoms with Crippen LogP contribution in [0.1, 0.15) is 0 Å². The predicted molar refractivity (Wildman–Crippen MR) is 242 cm³/mol. The largest absolute Gasteiger partial charge is 0.0609 e. The van der Waals surface area contributed by atoms with Crippen molar-refractivity contribution in [2.75, 3.05) is 0 Å². The van der Waals surface area contributed by atoms with Gasteiger partial charge in [-0.1, -0.05) is 182 Å². The molecule has 0 aromatic heterocycles. The summed E-state index contributed by atoms with van der Waals surface area (Å²) in [5.74, 6) is 0. The normalized spacial score (nSPS) is 9.80. The van der Waals surface area contributed by atoms with Crippen LogP contribution in [0.15, 0.2) is 146 Å². The molecular weight excluding hydrogens is 721 g/mol. The summed E-state index contributed by atoms with van der Waals surface area (Å²) in [5.41, 5.74) is 0. The van der Waals surface area contributed by atoms with Crippen LogP contribution < -0.4 is 0 Å². The second-order valence-electron chi connectivity index (χ2n) is 13.8. The van der Waals surface area contributed by atoms with Crippen LogP contribution in [0, 0.1) is 109 Å². The summed E-state index contributed by atoms with van der Waals surface area (Å²) in [6, 6.07) is 110. The zero-order valence-corrected chi connectivity index (χ0v) is 31.9. The Morgan fingerprint density at radius 3 is 0.350 bits per heavy atom. The van der Waals surface area contributed by atoms with E-state index < -0.39 is 0 Å². The molecule has 0 radical (unpaired) electrons. The number of rotatable bonds is 0. The van der Waals surface area contributed by atoms with Crippen LogP contribution in [-0.2, 0) is 0 Å². The minimum absolute atomic E-state index is 0.601. The Balaban J connectivity index is 1.56. The average Bonchev–Trinajstić information content (AvgIpc) is 3.28. The van der Waals surface area contributed by atoms with E-state index in [1.165, 1.54) is 0 Å². The molecular formula is C60H24. The van der Waals surface area contributed by atoms with Crippen molar-refractivity contribution in [3.63, 3.8) is 0 Å². The van der Waals surface area contributed by atoms with E-state index in [1.54, 1.807) is 0 Å².